The van der Waals surface area contributed by atoms with Crippen molar-refractivity contribution in [2.45, 2.75) is 18.8 Å². The third kappa shape index (κ3) is 4.13. The average molecular weight is 560 g/mol. The van der Waals surface area contributed by atoms with Crippen molar-refractivity contribution in [3.63, 3.8) is 0 Å². The van der Waals surface area contributed by atoms with E-state index in [0.29, 0.717) is 34.4 Å². The Balaban J connectivity index is 1.31. The van der Waals surface area contributed by atoms with Crippen LogP contribution in [0.25, 0.3) is 34.2 Å². The zero-order chi connectivity index (χ0) is 26.7. The van der Waals surface area contributed by atoms with Crippen molar-refractivity contribution in [1.82, 2.24) is 46.1 Å². The number of carbonyl (C=O) groups excluding carboxylic acids is 2. The van der Waals surface area contributed by atoms with E-state index in [1.807, 2.05) is 12.1 Å². The van der Waals surface area contributed by atoms with Gasteiger partial charge in [-0.1, -0.05) is 11.6 Å². The summed E-state index contributed by atoms with van der Waals surface area (Å²) in [5.74, 6) is -1.64. The number of aromatic amines is 2. The van der Waals surface area contributed by atoms with Gasteiger partial charge in [0.2, 0.25) is 0 Å². The van der Waals surface area contributed by atoms with Crippen molar-refractivity contribution in [3.05, 3.63) is 70.5 Å². The summed E-state index contributed by atoms with van der Waals surface area (Å²) in [7, 11) is 0. The molecule has 2 amide bonds. The molecule has 0 bridgehead atoms. The molecule has 1 unspecified atom stereocenters. The number of amides is 2. The number of aromatic nitrogens is 4. The molecule has 6 N–H and O–H groups in total. The third-order valence-electron chi connectivity index (χ3n) is 7.04. The van der Waals surface area contributed by atoms with Crippen molar-refractivity contribution in [2.75, 3.05) is 6.54 Å². The van der Waals surface area contributed by atoms with Crippen molar-refractivity contribution in [1.29, 1.82) is 0 Å². The van der Waals surface area contributed by atoms with Crippen molar-refractivity contribution in [3.8, 4) is 0 Å². The van der Waals surface area contributed by atoms with Crippen molar-refractivity contribution >= 4 is 75.0 Å². The molecule has 4 aromatic rings. The summed E-state index contributed by atoms with van der Waals surface area (Å²) < 4.78 is 0. The van der Waals surface area contributed by atoms with E-state index in [1.54, 1.807) is 47.9 Å². The van der Waals surface area contributed by atoms with E-state index < -0.39 is 11.8 Å². The number of fused-ring (bicyclic) bond motifs is 2. The number of nitrogens with zero attached hydrogens (tertiary/aromatic N) is 3. The van der Waals surface area contributed by atoms with Crippen LogP contribution in [-0.4, -0.2) is 54.2 Å². The fraction of sp³-hybridized carbons (Fsp3) is 0.192. The Hall–Kier alpha value is -4.26. The van der Waals surface area contributed by atoms with Gasteiger partial charge in [-0.2, -0.15) is 0 Å². The number of nitrogens with one attached hydrogen (secondary N) is 6. The van der Waals surface area contributed by atoms with Crippen LogP contribution in [-0.2, 0) is 9.59 Å². The summed E-state index contributed by atoms with van der Waals surface area (Å²) >= 11 is 11.8. The van der Waals surface area contributed by atoms with Gasteiger partial charge in [-0.3, -0.25) is 30.4 Å². The van der Waals surface area contributed by atoms with E-state index in [0.717, 1.165) is 34.8 Å². The molecule has 2 saturated heterocycles. The summed E-state index contributed by atoms with van der Waals surface area (Å²) in [6, 6.07) is 5.54. The van der Waals surface area contributed by atoms with E-state index in [4.69, 9.17) is 23.8 Å². The Labute approximate surface area is 232 Å². The van der Waals surface area contributed by atoms with Crippen molar-refractivity contribution < 1.29 is 9.59 Å². The second-order valence-corrected chi connectivity index (χ2v) is 10.6. The summed E-state index contributed by atoms with van der Waals surface area (Å²) in [5.41, 5.74) is 3.40. The maximum Gasteiger partial charge on any atom is 0.274 e. The molecule has 3 fully saturated rings. The first-order chi connectivity index (χ1) is 18.9. The lowest BCUT2D eigenvalue weighted by Gasteiger charge is -2.39. The predicted molar refractivity (Wildman–Crippen MR) is 150 cm³/mol. The summed E-state index contributed by atoms with van der Waals surface area (Å²) in [6.45, 7) is 0.616. The lowest BCUT2D eigenvalue weighted by Crippen LogP contribution is -2.71. The molecule has 2 aliphatic heterocycles. The number of carbonyl (C=O) groups is 2. The Morgan fingerprint density at radius 2 is 1.85 bits per heavy atom. The Morgan fingerprint density at radius 3 is 2.64 bits per heavy atom. The topological polar surface area (TPSA) is 143 Å². The van der Waals surface area contributed by atoms with Crippen LogP contribution in [0.4, 0.5) is 0 Å². The molecule has 11 nitrogen and oxygen atoms in total. The van der Waals surface area contributed by atoms with Crippen LogP contribution < -0.4 is 21.3 Å². The fourth-order valence-electron chi connectivity index (χ4n) is 4.92. The summed E-state index contributed by atoms with van der Waals surface area (Å²) in [5, 5.41) is 14.7. The van der Waals surface area contributed by atoms with Gasteiger partial charge in [-0.15, -0.1) is 0 Å². The predicted octanol–water partition coefficient (Wildman–Crippen LogP) is 2.52. The largest absolute Gasteiger partial charge is 0.346 e. The average Bonchev–Trinajstić information content (AvgIpc) is 3.26. The third-order valence-corrected chi connectivity index (χ3v) is 7.53. The molecule has 0 radical (unpaired) electrons. The number of hydrogen-bond acceptors (Lipinski definition) is 7. The minimum Gasteiger partial charge on any atom is -0.346 e. The highest BCUT2D eigenvalue weighted by Crippen LogP contribution is 2.32. The molecule has 196 valence electrons. The molecule has 1 atom stereocenters. The van der Waals surface area contributed by atoms with Crippen LogP contribution in [0.1, 0.15) is 24.0 Å². The van der Waals surface area contributed by atoms with E-state index in [1.165, 1.54) is 0 Å². The van der Waals surface area contributed by atoms with Crippen LogP contribution in [0, 0.1) is 5.92 Å². The maximum absolute atomic E-state index is 13.4. The van der Waals surface area contributed by atoms with E-state index >= 15 is 0 Å². The zero-order valence-electron chi connectivity index (χ0n) is 20.3. The molecule has 6 heterocycles. The molecule has 1 aliphatic carbocycles. The molecular formula is C26H22ClN9O2S. The molecule has 3 aliphatic rings. The highest BCUT2D eigenvalue weighted by atomic mass is 35.5. The van der Waals surface area contributed by atoms with Crippen LogP contribution in [0.2, 0.25) is 5.02 Å². The Bertz CT molecular complexity index is 1750. The minimum atomic E-state index is -1.38. The zero-order valence-corrected chi connectivity index (χ0v) is 21.9. The number of rotatable bonds is 6. The second kappa shape index (κ2) is 8.90. The van der Waals surface area contributed by atoms with Crippen LogP contribution >= 0.6 is 23.8 Å². The number of thiocarbonyl (C=S) groups is 1. The van der Waals surface area contributed by atoms with Gasteiger partial charge in [0.25, 0.3) is 17.7 Å². The molecule has 4 aromatic heterocycles. The normalized spacial score (nSPS) is 23.3. The van der Waals surface area contributed by atoms with E-state index in [2.05, 4.69) is 41.2 Å². The first kappa shape index (κ1) is 23.8. The molecule has 39 heavy (non-hydrogen) atoms. The Morgan fingerprint density at radius 1 is 1.08 bits per heavy atom. The first-order valence-electron chi connectivity index (χ1n) is 12.4. The molecular weight excluding hydrogens is 538 g/mol. The van der Waals surface area contributed by atoms with Gasteiger partial charge in [0, 0.05) is 53.2 Å². The maximum atomic E-state index is 13.4. The van der Waals surface area contributed by atoms with Gasteiger partial charge in [0.15, 0.2) is 5.11 Å². The van der Waals surface area contributed by atoms with Gasteiger partial charge in [-0.05, 0) is 61.3 Å². The van der Waals surface area contributed by atoms with Gasteiger partial charge < -0.3 is 15.3 Å². The van der Waals surface area contributed by atoms with E-state index in [-0.39, 0.29) is 16.7 Å². The monoisotopic (exact) mass is 559 g/mol. The summed E-state index contributed by atoms with van der Waals surface area (Å²) in [6.07, 6.45) is 12.4. The molecule has 13 heteroatoms. The number of hydrogen-bond donors (Lipinski definition) is 6. The highest BCUT2D eigenvalue weighted by Gasteiger charge is 2.52. The summed E-state index contributed by atoms with van der Waals surface area (Å²) in [4.78, 5) is 43.0. The van der Waals surface area contributed by atoms with Crippen LogP contribution in [0.15, 0.2) is 54.4 Å². The van der Waals surface area contributed by atoms with Gasteiger partial charge >= 0.3 is 0 Å². The lowest BCUT2D eigenvalue weighted by molar-refractivity contribution is -0.119. The smallest absolute Gasteiger partial charge is 0.274 e. The quantitative estimate of drug-likeness (QED) is 0.156. The molecule has 0 aromatic carbocycles. The Kier molecular flexibility index (Phi) is 5.44. The van der Waals surface area contributed by atoms with Crippen LogP contribution in [0.3, 0.4) is 0 Å². The van der Waals surface area contributed by atoms with Gasteiger partial charge in [-0.25, -0.2) is 9.97 Å². The fourth-order valence-corrected chi connectivity index (χ4v) is 5.40. The van der Waals surface area contributed by atoms with Crippen molar-refractivity contribution in [2.24, 2.45) is 5.92 Å². The SMILES string of the molecule is O=C1NC(NCC2CC2)(N2C(=S)NC(=O)C2=Cc2c[nH]c3ncc(Cl)cc23)NC1=Cc1c[nH]c2ncccc12. The molecule has 1 saturated carbocycles. The van der Waals surface area contributed by atoms with Gasteiger partial charge in [0.1, 0.15) is 22.7 Å². The second-order valence-electron chi connectivity index (χ2n) is 9.73. The minimum absolute atomic E-state index is 0.149. The first-order valence-corrected chi connectivity index (χ1v) is 13.2. The highest BCUT2D eigenvalue weighted by molar-refractivity contribution is 7.80. The number of halogens is 1. The standard InChI is InChI=1S/C26H22ClN9O2S/c27-16-8-18-15(11-30-22(18)31-12-16)7-20-24(38)33-25(39)36(20)26(32-9-13-3-4-13)34-19(23(37)35-26)6-14-10-29-21-17(14)2-1-5-28-21/h1-2,5-8,10-13,32,34H,3-4,9H2,(H,28,29)(H,30,31)(H,35,37)(H,33,38,39). The van der Waals surface area contributed by atoms with E-state index in [9.17, 15) is 9.59 Å². The molecule has 7 rings (SSSR count). The number of pyridine rings is 2. The lowest BCUT2D eigenvalue weighted by atomic mass is 10.2. The van der Waals surface area contributed by atoms with Crippen LogP contribution in [0.5, 0.6) is 0 Å². The number of H-pyrrole nitrogens is 2. The van der Waals surface area contributed by atoms with Gasteiger partial charge in [0.05, 0.1) is 5.02 Å². The molecule has 0 spiro atoms.